The third-order valence-electron chi connectivity index (χ3n) is 2.55. The second-order valence-corrected chi connectivity index (χ2v) is 4.59. The third-order valence-corrected chi connectivity index (χ3v) is 3.37. The van der Waals surface area contributed by atoms with E-state index in [-0.39, 0.29) is 34.3 Å². The second-order valence-electron chi connectivity index (χ2n) is 3.81. The molecule has 0 heterocycles. The topological polar surface area (TPSA) is 66.6 Å². The lowest BCUT2D eigenvalue weighted by Gasteiger charge is -2.23. The van der Waals surface area contributed by atoms with Crippen LogP contribution in [0.1, 0.15) is 17.3 Å². The zero-order valence-corrected chi connectivity index (χ0v) is 11.1. The van der Waals surface area contributed by atoms with Crippen molar-refractivity contribution in [3.63, 3.8) is 0 Å². The fourth-order valence-electron chi connectivity index (χ4n) is 1.26. The van der Waals surface area contributed by atoms with Crippen molar-refractivity contribution in [2.45, 2.75) is 13.0 Å². The monoisotopic (exact) mass is 276 g/mol. The molecular formula is C11H14Cl2N2O2. The Morgan fingerprint density at radius 1 is 1.53 bits per heavy atom. The fourth-order valence-corrected chi connectivity index (χ4v) is 1.60. The number of benzene rings is 1. The summed E-state index contributed by atoms with van der Waals surface area (Å²) in [6.07, 6.45) is 0. The number of hydrogen-bond acceptors (Lipinski definition) is 3. The lowest BCUT2D eigenvalue weighted by molar-refractivity contribution is 0.0682. The van der Waals surface area contributed by atoms with Crippen LogP contribution in [0.2, 0.25) is 10.0 Å². The van der Waals surface area contributed by atoms with Crippen LogP contribution in [0.5, 0.6) is 0 Å². The van der Waals surface area contributed by atoms with Crippen molar-refractivity contribution in [3.8, 4) is 0 Å². The van der Waals surface area contributed by atoms with Crippen molar-refractivity contribution in [2.24, 2.45) is 0 Å². The van der Waals surface area contributed by atoms with E-state index in [1.165, 1.54) is 17.0 Å². The van der Waals surface area contributed by atoms with Crippen LogP contribution in [0, 0.1) is 0 Å². The Labute approximate surface area is 110 Å². The van der Waals surface area contributed by atoms with Crippen molar-refractivity contribution in [1.29, 1.82) is 0 Å². The molecule has 1 atom stereocenters. The first-order valence-electron chi connectivity index (χ1n) is 5.01. The van der Waals surface area contributed by atoms with Gasteiger partial charge >= 0.3 is 0 Å². The number of halogens is 2. The van der Waals surface area contributed by atoms with Gasteiger partial charge in [-0.25, -0.2) is 0 Å². The number of aliphatic hydroxyl groups is 1. The van der Waals surface area contributed by atoms with Gasteiger partial charge in [-0.1, -0.05) is 23.2 Å². The Hall–Kier alpha value is -0.970. The van der Waals surface area contributed by atoms with Gasteiger partial charge in [0.2, 0.25) is 0 Å². The van der Waals surface area contributed by atoms with Crippen LogP contribution in [0.3, 0.4) is 0 Å². The van der Waals surface area contributed by atoms with Gasteiger partial charge in [0.1, 0.15) is 0 Å². The number of aliphatic hydroxyl groups excluding tert-OH is 1. The number of carbonyl (C=O) groups excluding carboxylic acids is 1. The number of nitrogens with two attached hydrogens (primary N) is 1. The van der Waals surface area contributed by atoms with Gasteiger partial charge in [-0.2, -0.15) is 0 Å². The number of carbonyl (C=O) groups is 1. The highest BCUT2D eigenvalue weighted by atomic mass is 35.5. The summed E-state index contributed by atoms with van der Waals surface area (Å²) in [7, 11) is 1.60. The van der Waals surface area contributed by atoms with Gasteiger partial charge in [0.15, 0.2) is 0 Å². The van der Waals surface area contributed by atoms with Gasteiger partial charge in [0.25, 0.3) is 5.91 Å². The maximum absolute atomic E-state index is 12.0. The van der Waals surface area contributed by atoms with Crippen molar-refractivity contribution in [2.75, 3.05) is 19.4 Å². The van der Waals surface area contributed by atoms with Crippen LogP contribution in [-0.2, 0) is 0 Å². The summed E-state index contributed by atoms with van der Waals surface area (Å²) in [6.45, 7) is 1.62. The van der Waals surface area contributed by atoms with Gasteiger partial charge < -0.3 is 15.7 Å². The van der Waals surface area contributed by atoms with Crippen LogP contribution < -0.4 is 5.73 Å². The van der Waals surface area contributed by atoms with Crippen molar-refractivity contribution < 1.29 is 9.90 Å². The summed E-state index contributed by atoms with van der Waals surface area (Å²) in [5.74, 6) is -0.267. The molecule has 0 spiro atoms. The minimum Gasteiger partial charge on any atom is -0.397 e. The molecule has 3 N–H and O–H groups in total. The molecule has 0 fully saturated rings. The molecule has 0 saturated carbocycles. The minimum atomic E-state index is -0.279. The molecule has 4 nitrogen and oxygen atoms in total. The number of nitrogens with zero attached hydrogens (tertiary/aromatic N) is 1. The van der Waals surface area contributed by atoms with E-state index >= 15 is 0 Å². The van der Waals surface area contributed by atoms with E-state index in [0.29, 0.717) is 5.56 Å². The van der Waals surface area contributed by atoms with Crippen molar-refractivity contribution in [3.05, 3.63) is 27.7 Å². The van der Waals surface area contributed by atoms with E-state index in [2.05, 4.69) is 0 Å². The summed E-state index contributed by atoms with van der Waals surface area (Å²) in [6, 6.07) is 2.65. The van der Waals surface area contributed by atoms with Gasteiger partial charge in [-0.15, -0.1) is 0 Å². The molecule has 0 saturated heterocycles. The Kier molecular flexibility index (Phi) is 4.62. The van der Waals surface area contributed by atoms with Crippen molar-refractivity contribution in [1.82, 2.24) is 4.90 Å². The van der Waals surface area contributed by atoms with Crippen molar-refractivity contribution >= 4 is 34.8 Å². The molecule has 0 aliphatic carbocycles. The zero-order valence-electron chi connectivity index (χ0n) is 9.58. The molecule has 17 heavy (non-hydrogen) atoms. The molecule has 1 aromatic rings. The summed E-state index contributed by atoms with van der Waals surface area (Å²) >= 11 is 11.7. The molecule has 0 aliphatic rings. The van der Waals surface area contributed by atoms with E-state index in [9.17, 15) is 4.79 Å². The Balaban J connectivity index is 3.05. The van der Waals surface area contributed by atoms with Crippen LogP contribution in [0.15, 0.2) is 12.1 Å². The quantitative estimate of drug-likeness (QED) is 0.831. The molecule has 0 aliphatic heterocycles. The summed E-state index contributed by atoms with van der Waals surface area (Å²) in [5, 5.41) is 9.46. The van der Waals surface area contributed by atoms with Gasteiger partial charge in [0, 0.05) is 12.6 Å². The van der Waals surface area contributed by atoms with E-state index in [1.54, 1.807) is 14.0 Å². The highest BCUT2D eigenvalue weighted by Gasteiger charge is 2.18. The molecular weight excluding hydrogens is 263 g/mol. The smallest absolute Gasteiger partial charge is 0.254 e. The third kappa shape index (κ3) is 3.03. The molecule has 0 aromatic heterocycles. The molecule has 1 amide bonds. The number of nitrogen functional groups attached to an aromatic ring is 1. The number of hydrogen-bond donors (Lipinski definition) is 2. The molecule has 0 radical (unpaired) electrons. The number of rotatable bonds is 3. The molecule has 1 rings (SSSR count). The average Bonchev–Trinajstić information content (AvgIpc) is 2.32. The second kappa shape index (κ2) is 5.58. The highest BCUT2D eigenvalue weighted by molar-refractivity contribution is 6.43. The van der Waals surface area contributed by atoms with Crippen LogP contribution in [0.4, 0.5) is 5.69 Å². The largest absolute Gasteiger partial charge is 0.397 e. The van der Waals surface area contributed by atoms with E-state index in [1.807, 2.05) is 0 Å². The zero-order chi connectivity index (χ0) is 13.2. The van der Waals surface area contributed by atoms with E-state index in [0.717, 1.165) is 0 Å². The predicted molar refractivity (Wildman–Crippen MR) is 69.5 cm³/mol. The molecule has 0 bridgehead atoms. The van der Waals surface area contributed by atoms with Crippen LogP contribution >= 0.6 is 23.2 Å². The fraction of sp³-hybridized carbons (Fsp3) is 0.364. The summed E-state index contributed by atoms with van der Waals surface area (Å²) in [4.78, 5) is 13.4. The lowest BCUT2D eigenvalue weighted by Crippen LogP contribution is -2.37. The normalized spacial score (nSPS) is 12.3. The molecule has 1 aromatic carbocycles. The first-order valence-corrected chi connectivity index (χ1v) is 5.76. The number of amides is 1. The Morgan fingerprint density at radius 3 is 2.59 bits per heavy atom. The SMILES string of the molecule is CC(CO)N(C)C(=O)c1cc(N)c(Cl)c(Cl)c1. The number of likely N-dealkylation sites (N-methyl/N-ethyl adjacent to an activating group) is 1. The summed E-state index contributed by atoms with van der Waals surface area (Å²) < 4.78 is 0. The van der Waals surface area contributed by atoms with Crippen LogP contribution in [0.25, 0.3) is 0 Å². The minimum absolute atomic E-state index is 0.112. The molecule has 6 heteroatoms. The Morgan fingerprint density at radius 2 is 2.12 bits per heavy atom. The summed E-state index contributed by atoms with van der Waals surface area (Å²) in [5.41, 5.74) is 6.24. The Bertz CT molecular complexity index is 414. The highest BCUT2D eigenvalue weighted by Crippen LogP contribution is 2.29. The first-order chi connectivity index (χ1) is 7.88. The molecule has 1 unspecified atom stereocenters. The maximum Gasteiger partial charge on any atom is 0.254 e. The standard InChI is InChI=1S/C11H14Cl2N2O2/c1-6(5-16)15(2)11(17)7-3-8(12)10(13)9(14)4-7/h3-4,6,16H,5,14H2,1-2H3. The van der Waals surface area contributed by atoms with Gasteiger partial charge in [-0.3, -0.25) is 4.79 Å². The van der Waals surface area contributed by atoms with Gasteiger partial charge in [0.05, 0.1) is 28.4 Å². The predicted octanol–water partition coefficient (Wildman–Crippen LogP) is 2.03. The average molecular weight is 277 g/mol. The first kappa shape index (κ1) is 14.1. The van der Waals surface area contributed by atoms with E-state index < -0.39 is 0 Å². The molecule has 94 valence electrons. The number of anilines is 1. The lowest BCUT2D eigenvalue weighted by atomic mass is 10.1. The maximum atomic E-state index is 12.0. The van der Waals surface area contributed by atoms with E-state index in [4.69, 9.17) is 34.0 Å². The van der Waals surface area contributed by atoms with Gasteiger partial charge in [-0.05, 0) is 19.1 Å². The van der Waals surface area contributed by atoms with Crippen LogP contribution in [-0.4, -0.2) is 35.6 Å².